The van der Waals surface area contributed by atoms with Crippen LogP contribution >= 0.6 is 0 Å². The van der Waals surface area contributed by atoms with E-state index in [0.29, 0.717) is 5.88 Å². The number of fused-ring (bicyclic) bond motifs is 1. The van der Waals surface area contributed by atoms with Gasteiger partial charge in [0, 0.05) is 30.1 Å². The number of likely N-dealkylation sites (N-methyl/N-ethyl adjacent to an activating group) is 1. The molecular weight excluding hydrogens is 310 g/mol. The summed E-state index contributed by atoms with van der Waals surface area (Å²) in [5.41, 5.74) is 5.80. The van der Waals surface area contributed by atoms with Crippen molar-refractivity contribution in [1.82, 2.24) is 4.98 Å². The number of hydrogen-bond donors (Lipinski definition) is 0. The van der Waals surface area contributed by atoms with Gasteiger partial charge in [-0.2, -0.15) is 0 Å². The minimum atomic E-state index is 0.0379. The number of ether oxygens (including phenoxy) is 1. The highest BCUT2D eigenvalue weighted by atomic mass is 16.5. The second kappa shape index (κ2) is 6.71. The monoisotopic (exact) mass is 335 g/mol. The Labute approximate surface area is 149 Å². The fourth-order valence-corrected chi connectivity index (χ4v) is 3.48. The molecule has 1 aliphatic heterocycles. The van der Waals surface area contributed by atoms with Crippen LogP contribution in [0.4, 0.5) is 11.4 Å². The molecule has 2 heterocycles. The highest BCUT2D eigenvalue weighted by Crippen LogP contribution is 2.38. The normalized spacial score (nSPS) is 15.9. The van der Waals surface area contributed by atoms with Crippen LogP contribution in [0.3, 0.4) is 0 Å². The lowest BCUT2D eigenvalue weighted by atomic mass is 9.88. The molecule has 0 fully saturated rings. The zero-order valence-electron chi connectivity index (χ0n) is 15.6. The Morgan fingerprint density at radius 1 is 1.24 bits per heavy atom. The van der Waals surface area contributed by atoms with Crippen LogP contribution in [0, 0.1) is 0 Å². The van der Waals surface area contributed by atoms with Crippen molar-refractivity contribution in [1.29, 1.82) is 0 Å². The minimum absolute atomic E-state index is 0.0379. The van der Waals surface area contributed by atoms with E-state index in [4.69, 9.17) is 4.74 Å². The molecule has 0 bridgehead atoms. The molecule has 130 valence electrons. The molecule has 0 unspecified atom stereocenters. The smallest absolute Gasteiger partial charge is 0.213 e. The van der Waals surface area contributed by atoms with Crippen LogP contribution in [0.2, 0.25) is 0 Å². The van der Waals surface area contributed by atoms with Crippen molar-refractivity contribution in [3.8, 4) is 5.88 Å². The van der Waals surface area contributed by atoms with Gasteiger partial charge in [0.15, 0.2) is 0 Å². The highest BCUT2D eigenvalue weighted by molar-refractivity contribution is 5.88. The fraction of sp³-hybridized carbons (Fsp3) is 0.333. The maximum atomic E-state index is 5.07. The van der Waals surface area contributed by atoms with E-state index in [1.54, 1.807) is 13.3 Å². The number of aliphatic imine (C=N–C) groups is 1. The molecule has 0 atom stereocenters. The van der Waals surface area contributed by atoms with Gasteiger partial charge in [-0.3, -0.25) is 4.99 Å². The maximum Gasteiger partial charge on any atom is 0.213 e. The summed E-state index contributed by atoms with van der Waals surface area (Å²) in [6, 6.07) is 10.2. The molecule has 25 heavy (non-hydrogen) atoms. The van der Waals surface area contributed by atoms with Crippen molar-refractivity contribution >= 4 is 23.2 Å². The Balaban J connectivity index is 1.90. The molecule has 1 aromatic heterocycles. The number of anilines is 1. The number of methoxy groups -OCH3 is 1. The summed E-state index contributed by atoms with van der Waals surface area (Å²) in [6.07, 6.45) is 5.93. The fourth-order valence-electron chi connectivity index (χ4n) is 3.48. The van der Waals surface area contributed by atoms with E-state index in [2.05, 4.69) is 66.8 Å². The number of hydrogen-bond acceptors (Lipinski definition) is 4. The molecule has 0 saturated heterocycles. The Morgan fingerprint density at radius 3 is 2.68 bits per heavy atom. The van der Waals surface area contributed by atoms with Crippen molar-refractivity contribution < 1.29 is 4.74 Å². The van der Waals surface area contributed by atoms with Crippen LogP contribution in [-0.4, -0.2) is 30.4 Å². The molecule has 1 aromatic carbocycles. The number of nitrogens with zero attached hydrogens (tertiary/aromatic N) is 3. The Hall–Kier alpha value is -2.62. The predicted molar refractivity (Wildman–Crippen MR) is 105 cm³/mol. The Morgan fingerprint density at radius 2 is 2.04 bits per heavy atom. The van der Waals surface area contributed by atoms with Gasteiger partial charge < -0.3 is 9.64 Å². The number of allylic oxidation sites excluding steroid dienone is 1. The third-order valence-corrected chi connectivity index (χ3v) is 4.61. The van der Waals surface area contributed by atoms with Crippen LogP contribution in [0.25, 0.3) is 5.57 Å². The van der Waals surface area contributed by atoms with Crippen molar-refractivity contribution in [3.63, 3.8) is 0 Å². The number of pyridine rings is 1. The second-order valence-corrected chi connectivity index (χ2v) is 6.82. The average Bonchev–Trinajstić information content (AvgIpc) is 2.60. The van der Waals surface area contributed by atoms with Gasteiger partial charge in [0.2, 0.25) is 5.88 Å². The third kappa shape index (κ3) is 3.43. The Bertz CT molecular complexity index is 820. The number of rotatable bonds is 4. The standard InChI is InChI=1S/C21H25N3O/c1-6-24-19-9-7-16(11-18(19)15(2)12-21(24,3)4)13-22-17-8-10-20(25-5)23-14-17/h7-14H,6H2,1-5H3. The van der Waals surface area contributed by atoms with E-state index in [1.807, 2.05) is 18.3 Å². The average molecular weight is 335 g/mol. The first-order valence-corrected chi connectivity index (χ1v) is 8.60. The maximum absolute atomic E-state index is 5.07. The molecule has 0 amide bonds. The van der Waals surface area contributed by atoms with Crippen molar-refractivity contribution in [2.24, 2.45) is 4.99 Å². The quantitative estimate of drug-likeness (QED) is 0.749. The predicted octanol–water partition coefficient (Wildman–Crippen LogP) is 4.86. The molecule has 2 aromatic rings. The highest BCUT2D eigenvalue weighted by Gasteiger charge is 2.29. The SMILES string of the molecule is CCN1c2ccc(C=Nc3ccc(OC)nc3)cc2C(C)=CC1(C)C. The van der Waals surface area contributed by atoms with Gasteiger partial charge in [-0.15, -0.1) is 0 Å². The molecule has 0 radical (unpaired) electrons. The minimum Gasteiger partial charge on any atom is -0.481 e. The molecule has 1 aliphatic rings. The second-order valence-electron chi connectivity index (χ2n) is 6.82. The first-order valence-electron chi connectivity index (χ1n) is 8.60. The zero-order chi connectivity index (χ0) is 18.0. The summed E-state index contributed by atoms with van der Waals surface area (Å²) in [6.45, 7) is 9.88. The van der Waals surface area contributed by atoms with Gasteiger partial charge in [-0.25, -0.2) is 4.98 Å². The van der Waals surface area contributed by atoms with Gasteiger partial charge in [-0.05, 0) is 57.0 Å². The molecular formula is C21H25N3O. The molecule has 0 aliphatic carbocycles. The van der Waals surface area contributed by atoms with Gasteiger partial charge in [0.25, 0.3) is 0 Å². The van der Waals surface area contributed by atoms with Gasteiger partial charge >= 0.3 is 0 Å². The van der Waals surface area contributed by atoms with Crippen LogP contribution < -0.4 is 9.64 Å². The lowest BCUT2D eigenvalue weighted by molar-refractivity contribution is 0.398. The number of aromatic nitrogens is 1. The Kier molecular flexibility index (Phi) is 4.62. The summed E-state index contributed by atoms with van der Waals surface area (Å²) < 4.78 is 5.07. The summed E-state index contributed by atoms with van der Waals surface area (Å²) in [5.74, 6) is 0.593. The largest absolute Gasteiger partial charge is 0.481 e. The first kappa shape index (κ1) is 17.2. The summed E-state index contributed by atoms with van der Waals surface area (Å²) in [5, 5.41) is 0. The summed E-state index contributed by atoms with van der Waals surface area (Å²) in [4.78, 5) is 11.1. The van der Waals surface area contributed by atoms with E-state index >= 15 is 0 Å². The van der Waals surface area contributed by atoms with E-state index in [1.165, 1.54) is 16.8 Å². The van der Waals surface area contributed by atoms with Gasteiger partial charge in [-0.1, -0.05) is 12.1 Å². The summed E-state index contributed by atoms with van der Waals surface area (Å²) >= 11 is 0. The molecule has 0 N–H and O–H groups in total. The van der Waals surface area contributed by atoms with Gasteiger partial charge in [0.1, 0.15) is 0 Å². The summed E-state index contributed by atoms with van der Waals surface area (Å²) in [7, 11) is 1.61. The van der Waals surface area contributed by atoms with Crippen LogP contribution in [0.15, 0.2) is 47.6 Å². The molecule has 3 rings (SSSR count). The topological polar surface area (TPSA) is 37.7 Å². The lowest BCUT2D eigenvalue weighted by Crippen LogP contribution is -2.44. The van der Waals surface area contributed by atoms with Crippen molar-refractivity contribution in [2.75, 3.05) is 18.6 Å². The van der Waals surface area contributed by atoms with E-state index in [9.17, 15) is 0 Å². The molecule has 4 heteroatoms. The van der Waals surface area contributed by atoms with Crippen LogP contribution in [0.1, 0.15) is 38.8 Å². The number of benzene rings is 1. The third-order valence-electron chi connectivity index (χ3n) is 4.61. The van der Waals surface area contributed by atoms with Gasteiger partial charge in [0.05, 0.1) is 24.5 Å². The molecule has 0 saturated carbocycles. The first-order chi connectivity index (χ1) is 11.9. The molecule has 0 spiro atoms. The lowest BCUT2D eigenvalue weighted by Gasteiger charge is -2.42. The van der Waals surface area contributed by atoms with E-state index in [-0.39, 0.29) is 5.54 Å². The molecule has 4 nitrogen and oxygen atoms in total. The van der Waals surface area contributed by atoms with Crippen molar-refractivity contribution in [3.05, 3.63) is 53.7 Å². The van der Waals surface area contributed by atoms with Crippen LogP contribution in [0.5, 0.6) is 5.88 Å². The van der Waals surface area contributed by atoms with Crippen LogP contribution in [-0.2, 0) is 0 Å². The zero-order valence-corrected chi connectivity index (χ0v) is 15.6. The van der Waals surface area contributed by atoms with E-state index in [0.717, 1.165) is 17.8 Å². The van der Waals surface area contributed by atoms with E-state index < -0.39 is 0 Å². The van der Waals surface area contributed by atoms with Crippen molar-refractivity contribution in [2.45, 2.75) is 33.2 Å².